The highest BCUT2D eigenvalue weighted by molar-refractivity contribution is 6.31. The van der Waals surface area contributed by atoms with Gasteiger partial charge in [-0.2, -0.15) is 0 Å². The van der Waals surface area contributed by atoms with E-state index in [0.29, 0.717) is 16.5 Å². The summed E-state index contributed by atoms with van der Waals surface area (Å²) in [6.45, 7) is 1.86. The van der Waals surface area contributed by atoms with Crippen molar-refractivity contribution in [3.05, 3.63) is 23.2 Å². The predicted molar refractivity (Wildman–Crippen MR) is 76.9 cm³/mol. The van der Waals surface area contributed by atoms with Crippen molar-refractivity contribution in [2.24, 2.45) is 5.92 Å². The number of carbonyl (C=O) groups is 1. The molecule has 0 saturated carbocycles. The fraction of sp³-hybridized carbons (Fsp3) is 0.500. The van der Waals surface area contributed by atoms with Crippen LogP contribution >= 0.6 is 11.6 Å². The van der Waals surface area contributed by atoms with Crippen LogP contribution in [0.2, 0.25) is 5.02 Å². The van der Waals surface area contributed by atoms with Crippen molar-refractivity contribution in [2.75, 3.05) is 32.6 Å². The maximum atomic E-state index is 12.3. The van der Waals surface area contributed by atoms with Crippen molar-refractivity contribution >= 4 is 23.2 Å². The molecule has 1 aromatic rings. The summed E-state index contributed by atoms with van der Waals surface area (Å²) in [5, 5.41) is 3.50. The number of piperidine rings is 1. The number of halogens is 1. The van der Waals surface area contributed by atoms with Crippen molar-refractivity contribution in [3.8, 4) is 5.75 Å². The Morgan fingerprint density at radius 3 is 3.00 bits per heavy atom. The van der Waals surface area contributed by atoms with Gasteiger partial charge in [0.25, 0.3) is 0 Å². The third-order valence-corrected chi connectivity index (χ3v) is 3.65. The van der Waals surface area contributed by atoms with Gasteiger partial charge in [-0.1, -0.05) is 11.6 Å². The van der Waals surface area contributed by atoms with Crippen LogP contribution in [0.1, 0.15) is 12.8 Å². The zero-order valence-electron chi connectivity index (χ0n) is 11.3. The number of hydrogen-bond acceptors (Lipinski definition) is 3. The Morgan fingerprint density at radius 2 is 2.32 bits per heavy atom. The average Bonchev–Trinajstić information content (AvgIpc) is 2.39. The molecule has 0 spiro atoms. The summed E-state index contributed by atoms with van der Waals surface area (Å²) in [6, 6.07) is 5.21. The van der Waals surface area contributed by atoms with E-state index in [4.69, 9.17) is 16.3 Å². The Morgan fingerprint density at radius 1 is 1.53 bits per heavy atom. The molecule has 104 valence electrons. The minimum absolute atomic E-state index is 0.0300. The van der Waals surface area contributed by atoms with E-state index in [1.54, 1.807) is 25.3 Å². The van der Waals surface area contributed by atoms with Crippen LogP contribution in [-0.4, -0.2) is 38.1 Å². The summed E-state index contributed by atoms with van der Waals surface area (Å²) in [7, 11) is 3.62. The SMILES string of the molecule is COc1ccc(Cl)cc1NC(=O)[C@H]1CCCN(C)C1. The van der Waals surface area contributed by atoms with E-state index in [2.05, 4.69) is 10.2 Å². The lowest BCUT2D eigenvalue weighted by Gasteiger charge is -2.28. The summed E-state index contributed by atoms with van der Waals surface area (Å²) in [6.07, 6.45) is 1.99. The molecule has 2 rings (SSSR count). The number of nitrogens with one attached hydrogen (secondary N) is 1. The molecule has 1 amide bonds. The molecule has 4 nitrogen and oxygen atoms in total. The van der Waals surface area contributed by atoms with Crippen LogP contribution in [0.5, 0.6) is 5.75 Å². The molecule has 19 heavy (non-hydrogen) atoms. The van der Waals surface area contributed by atoms with Gasteiger partial charge in [0.15, 0.2) is 0 Å². The number of anilines is 1. The molecular weight excluding hydrogens is 264 g/mol. The average molecular weight is 283 g/mol. The quantitative estimate of drug-likeness (QED) is 0.927. The Hall–Kier alpha value is -1.26. The molecule has 0 aromatic heterocycles. The maximum absolute atomic E-state index is 12.3. The summed E-state index contributed by atoms with van der Waals surface area (Å²) < 4.78 is 5.23. The minimum atomic E-state index is 0.0300. The number of carbonyl (C=O) groups excluding carboxylic acids is 1. The van der Waals surface area contributed by atoms with E-state index in [-0.39, 0.29) is 11.8 Å². The normalized spacial score (nSPS) is 20.1. The van der Waals surface area contributed by atoms with Gasteiger partial charge in [0.05, 0.1) is 18.7 Å². The van der Waals surface area contributed by atoms with Crippen LogP contribution in [-0.2, 0) is 4.79 Å². The number of amides is 1. The second-order valence-corrected chi connectivity index (χ2v) is 5.37. The first-order chi connectivity index (χ1) is 9.10. The molecule has 1 aliphatic rings. The predicted octanol–water partition coefficient (Wildman–Crippen LogP) is 2.63. The number of nitrogens with zero attached hydrogens (tertiary/aromatic N) is 1. The lowest BCUT2D eigenvalue weighted by atomic mass is 9.97. The highest BCUT2D eigenvalue weighted by Gasteiger charge is 2.24. The first-order valence-corrected chi connectivity index (χ1v) is 6.81. The zero-order valence-corrected chi connectivity index (χ0v) is 12.0. The number of hydrogen-bond donors (Lipinski definition) is 1. The van der Waals surface area contributed by atoms with Crippen molar-refractivity contribution in [1.29, 1.82) is 0 Å². The third-order valence-electron chi connectivity index (χ3n) is 3.41. The fourth-order valence-corrected chi connectivity index (χ4v) is 2.57. The molecular formula is C14H19ClN2O2. The van der Waals surface area contributed by atoms with E-state index in [1.165, 1.54) is 0 Å². The fourth-order valence-electron chi connectivity index (χ4n) is 2.39. The van der Waals surface area contributed by atoms with E-state index < -0.39 is 0 Å². The van der Waals surface area contributed by atoms with Crippen molar-refractivity contribution in [1.82, 2.24) is 4.90 Å². The van der Waals surface area contributed by atoms with Crippen LogP contribution in [0, 0.1) is 5.92 Å². The van der Waals surface area contributed by atoms with Crippen LogP contribution in [0.15, 0.2) is 18.2 Å². The largest absolute Gasteiger partial charge is 0.495 e. The third kappa shape index (κ3) is 3.61. The second-order valence-electron chi connectivity index (χ2n) is 4.94. The molecule has 1 saturated heterocycles. The topological polar surface area (TPSA) is 41.6 Å². The summed E-state index contributed by atoms with van der Waals surface area (Å²) in [5.41, 5.74) is 0.633. The maximum Gasteiger partial charge on any atom is 0.228 e. The standard InChI is InChI=1S/C14H19ClN2O2/c1-17-7-3-4-10(9-17)14(18)16-12-8-11(15)5-6-13(12)19-2/h5-6,8,10H,3-4,7,9H2,1-2H3,(H,16,18)/t10-/m0/s1. The Kier molecular flexibility index (Phi) is 4.66. The van der Waals surface area contributed by atoms with Gasteiger partial charge < -0.3 is 15.0 Å². The number of ether oxygens (including phenoxy) is 1. The minimum Gasteiger partial charge on any atom is -0.495 e. The van der Waals surface area contributed by atoms with Gasteiger partial charge in [0.1, 0.15) is 5.75 Å². The van der Waals surface area contributed by atoms with Crippen LogP contribution in [0.4, 0.5) is 5.69 Å². The number of benzene rings is 1. The van der Waals surface area contributed by atoms with Crippen LogP contribution in [0.25, 0.3) is 0 Å². The molecule has 1 N–H and O–H groups in total. The molecule has 1 atom stereocenters. The van der Waals surface area contributed by atoms with Crippen molar-refractivity contribution < 1.29 is 9.53 Å². The molecule has 0 unspecified atom stereocenters. The van der Waals surface area contributed by atoms with E-state index in [1.807, 2.05) is 7.05 Å². The molecule has 5 heteroatoms. The van der Waals surface area contributed by atoms with Gasteiger partial charge in [-0.25, -0.2) is 0 Å². The van der Waals surface area contributed by atoms with Gasteiger partial charge in [-0.3, -0.25) is 4.79 Å². The Bertz CT molecular complexity index is 465. The van der Waals surface area contributed by atoms with E-state index >= 15 is 0 Å². The Labute approximate surface area is 118 Å². The van der Waals surface area contributed by atoms with E-state index in [9.17, 15) is 4.79 Å². The van der Waals surface area contributed by atoms with Crippen LogP contribution < -0.4 is 10.1 Å². The van der Waals surface area contributed by atoms with Crippen LogP contribution in [0.3, 0.4) is 0 Å². The molecule has 0 radical (unpaired) electrons. The molecule has 0 aliphatic carbocycles. The van der Waals surface area contributed by atoms with Gasteiger partial charge in [-0.05, 0) is 44.6 Å². The molecule has 1 aromatic carbocycles. The van der Waals surface area contributed by atoms with E-state index in [0.717, 1.165) is 25.9 Å². The summed E-state index contributed by atoms with van der Waals surface area (Å²) >= 11 is 5.95. The van der Waals surface area contributed by atoms with Crippen molar-refractivity contribution in [2.45, 2.75) is 12.8 Å². The summed E-state index contributed by atoms with van der Waals surface area (Å²) in [4.78, 5) is 14.4. The van der Waals surface area contributed by atoms with Gasteiger partial charge >= 0.3 is 0 Å². The smallest absolute Gasteiger partial charge is 0.228 e. The highest BCUT2D eigenvalue weighted by Crippen LogP contribution is 2.28. The number of likely N-dealkylation sites (tertiary alicyclic amines) is 1. The van der Waals surface area contributed by atoms with Gasteiger partial charge in [-0.15, -0.1) is 0 Å². The molecule has 1 heterocycles. The second kappa shape index (κ2) is 6.26. The first kappa shape index (κ1) is 14.2. The molecule has 1 aliphatic heterocycles. The Balaban J connectivity index is 2.07. The number of rotatable bonds is 3. The number of methoxy groups -OCH3 is 1. The van der Waals surface area contributed by atoms with Gasteiger partial charge in [0, 0.05) is 11.6 Å². The van der Waals surface area contributed by atoms with Crippen molar-refractivity contribution in [3.63, 3.8) is 0 Å². The highest BCUT2D eigenvalue weighted by atomic mass is 35.5. The molecule has 0 bridgehead atoms. The first-order valence-electron chi connectivity index (χ1n) is 6.43. The lowest BCUT2D eigenvalue weighted by Crippen LogP contribution is -2.38. The van der Waals surface area contributed by atoms with Gasteiger partial charge in [0.2, 0.25) is 5.91 Å². The summed E-state index contributed by atoms with van der Waals surface area (Å²) in [5.74, 6) is 0.691. The zero-order chi connectivity index (χ0) is 13.8. The molecule has 1 fully saturated rings. The monoisotopic (exact) mass is 282 g/mol. The lowest BCUT2D eigenvalue weighted by molar-refractivity contribution is -0.121.